The Hall–Kier alpha value is -3.10. The molecule has 2 heterocycles. The SMILES string of the molecule is Cc1ccc(C(CNC(=O)CCc2nc(-c3ccc(F)cc3)no2)N2CCOCC2)cc1. The zero-order valence-electron chi connectivity index (χ0n) is 18.1. The zero-order chi connectivity index (χ0) is 22.3. The van der Waals surface area contributed by atoms with Gasteiger partial charge in [-0.2, -0.15) is 4.98 Å². The highest BCUT2D eigenvalue weighted by atomic mass is 19.1. The second-order valence-corrected chi connectivity index (χ2v) is 7.90. The summed E-state index contributed by atoms with van der Waals surface area (Å²) in [6.45, 7) is 5.65. The summed E-state index contributed by atoms with van der Waals surface area (Å²) in [5.74, 6) is 0.363. The average molecular weight is 439 g/mol. The Balaban J connectivity index is 1.32. The number of morpholine rings is 1. The van der Waals surface area contributed by atoms with Crippen LogP contribution in [-0.4, -0.2) is 53.8 Å². The van der Waals surface area contributed by atoms with Crippen LogP contribution in [0.5, 0.6) is 0 Å². The van der Waals surface area contributed by atoms with Crippen LogP contribution in [0.1, 0.15) is 29.5 Å². The highest BCUT2D eigenvalue weighted by Gasteiger charge is 2.23. The maximum atomic E-state index is 13.1. The second kappa shape index (κ2) is 10.5. The Kier molecular flexibility index (Phi) is 7.24. The van der Waals surface area contributed by atoms with Crippen LogP contribution >= 0.6 is 0 Å². The Morgan fingerprint density at radius 3 is 2.56 bits per heavy atom. The van der Waals surface area contributed by atoms with E-state index in [1.807, 2.05) is 0 Å². The summed E-state index contributed by atoms with van der Waals surface area (Å²) in [5, 5.41) is 6.97. The van der Waals surface area contributed by atoms with Crippen LogP contribution in [0.3, 0.4) is 0 Å². The lowest BCUT2D eigenvalue weighted by Gasteiger charge is -2.35. The average Bonchev–Trinajstić information content (AvgIpc) is 3.29. The van der Waals surface area contributed by atoms with Crippen molar-refractivity contribution in [3.63, 3.8) is 0 Å². The van der Waals surface area contributed by atoms with Gasteiger partial charge in [0, 0.05) is 38.0 Å². The van der Waals surface area contributed by atoms with Gasteiger partial charge < -0.3 is 14.6 Å². The van der Waals surface area contributed by atoms with Gasteiger partial charge in [0.15, 0.2) is 0 Å². The molecule has 0 radical (unpaired) electrons. The summed E-state index contributed by atoms with van der Waals surface area (Å²) < 4.78 is 23.8. The van der Waals surface area contributed by atoms with Gasteiger partial charge in [0.2, 0.25) is 17.6 Å². The van der Waals surface area contributed by atoms with E-state index < -0.39 is 0 Å². The number of rotatable bonds is 8. The predicted octanol–water partition coefficient (Wildman–Crippen LogP) is 3.31. The van der Waals surface area contributed by atoms with Crippen molar-refractivity contribution in [3.05, 3.63) is 71.4 Å². The van der Waals surface area contributed by atoms with E-state index in [4.69, 9.17) is 9.26 Å². The second-order valence-electron chi connectivity index (χ2n) is 7.90. The molecule has 4 rings (SSSR count). The Morgan fingerprint density at radius 2 is 1.84 bits per heavy atom. The number of aryl methyl sites for hydroxylation is 2. The van der Waals surface area contributed by atoms with Gasteiger partial charge in [0.05, 0.1) is 19.3 Å². The van der Waals surface area contributed by atoms with Crippen LogP contribution < -0.4 is 5.32 Å². The predicted molar refractivity (Wildman–Crippen MR) is 117 cm³/mol. The molecule has 0 spiro atoms. The number of ether oxygens (including phenoxy) is 1. The highest BCUT2D eigenvalue weighted by Crippen LogP contribution is 2.22. The fraction of sp³-hybridized carbons (Fsp3) is 0.375. The Labute approximate surface area is 186 Å². The third-order valence-corrected chi connectivity index (χ3v) is 5.58. The molecule has 1 atom stereocenters. The molecule has 0 saturated carbocycles. The molecule has 1 aliphatic rings. The van der Waals surface area contributed by atoms with E-state index in [1.54, 1.807) is 12.1 Å². The number of carbonyl (C=O) groups excluding carboxylic acids is 1. The smallest absolute Gasteiger partial charge is 0.227 e. The minimum Gasteiger partial charge on any atom is -0.379 e. The topological polar surface area (TPSA) is 80.5 Å². The molecule has 1 aliphatic heterocycles. The first-order valence-corrected chi connectivity index (χ1v) is 10.8. The van der Waals surface area contributed by atoms with Crippen molar-refractivity contribution >= 4 is 5.91 Å². The van der Waals surface area contributed by atoms with Crippen molar-refractivity contribution in [1.29, 1.82) is 0 Å². The van der Waals surface area contributed by atoms with E-state index in [0.717, 1.165) is 13.1 Å². The fourth-order valence-corrected chi connectivity index (χ4v) is 3.73. The number of halogens is 1. The van der Waals surface area contributed by atoms with Crippen molar-refractivity contribution in [2.45, 2.75) is 25.8 Å². The maximum absolute atomic E-state index is 13.1. The molecule has 1 N–H and O–H groups in total. The number of carbonyl (C=O) groups is 1. The van der Waals surface area contributed by atoms with Crippen LogP contribution in [0.25, 0.3) is 11.4 Å². The van der Waals surface area contributed by atoms with Crippen molar-refractivity contribution in [2.24, 2.45) is 0 Å². The quantitative estimate of drug-likeness (QED) is 0.581. The molecule has 3 aromatic rings. The fourth-order valence-electron chi connectivity index (χ4n) is 3.73. The number of nitrogens with one attached hydrogen (secondary N) is 1. The molecule has 1 unspecified atom stereocenters. The normalized spacial score (nSPS) is 15.4. The van der Waals surface area contributed by atoms with Crippen LogP contribution in [0.4, 0.5) is 4.39 Å². The van der Waals surface area contributed by atoms with Crippen LogP contribution in [-0.2, 0) is 16.0 Å². The first kappa shape index (κ1) is 22.1. The monoisotopic (exact) mass is 438 g/mol. The third-order valence-electron chi connectivity index (χ3n) is 5.58. The minimum atomic E-state index is -0.324. The number of hydrogen-bond acceptors (Lipinski definition) is 6. The number of amides is 1. The van der Waals surface area contributed by atoms with Crippen molar-refractivity contribution in [2.75, 3.05) is 32.8 Å². The lowest BCUT2D eigenvalue weighted by atomic mass is 10.0. The van der Waals surface area contributed by atoms with E-state index in [9.17, 15) is 9.18 Å². The third kappa shape index (κ3) is 5.77. The molecule has 7 nitrogen and oxygen atoms in total. The van der Waals surface area contributed by atoms with Gasteiger partial charge in [-0.3, -0.25) is 9.69 Å². The van der Waals surface area contributed by atoms with E-state index in [1.165, 1.54) is 23.3 Å². The van der Waals surface area contributed by atoms with Gasteiger partial charge in [0.1, 0.15) is 5.82 Å². The van der Waals surface area contributed by atoms with E-state index in [0.29, 0.717) is 43.5 Å². The van der Waals surface area contributed by atoms with Gasteiger partial charge in [-0.05, 0) is 36.8 Å². The lowest BCUT2D eigenvalue weighted by molar-refractivity contribution is -0.121. The molecule has 32 heavy (non-hydrogen) atoms. The lowest BCUT2D eigenvalue weighted by Crippen LogP contribution is -2.43. The summed E-state index contributed by atoms with van der Waals surface area (Å²) in [7, 11) is 0. The molecular formula is C24H27FN4O3. The maximum Gasteiger partial charge on any atom is 0.227 e. The number of nitrogens with zero attached hydrogens (tertiary/aromatic N) is 3. The molecule has 168 valence electrons. The van der Waals surface area contributed by atoms with Gasteiger partial charge >= 0.3 is 0 Å². The van der Waals surface area contributed by atoms with Crippen molar-refractivity contribution < 1.29 is 18.4 Å². The van der Waals surface area contributed by atoms with Crippen molar-refractivity contribution in [1.82, 2.24) is 20.4 Å². The van der Waals surface area contributed by atoms with E-state index in [2.05, 4.69) is 51.5 Å². The van der Waals surface area contributed by atoms with E-state index in [-0.39, 0.29) is 24.2 Å². The summed E-state index contributed by atoms with van der Waals surface area (Å²) in [6.07, 6.45) is 0.585. The van der Waals surface area contributed by atoms with Gasteiger partial charge in [-0.1, -0.05) is 35.0 Å². The molecule has 8 heteroatoms. The Bertz CT molecular complexity index is 1010. The van der Waals surface area contributed by atoms with Gasteiger partial charge in [0.25, 0.3) is 0 Å². The number of hydrogen-bond donors (Lipinski definition) is 1. The van der Waals surface area contributed by atoms with Crippen LogP contribution in [0.2, 0.25) is 0 Å². The molecule has 1 fully saturated rings. The number of aromatic nitrogens is 2. The summed E-state index contributed by atoms with van der Waals surface area (Å²) in [6, 6.07) is 14.4. The molecule has 0 bridgehead atoms. The van der Waals surface area contributed by atoms with E-state index >= 15 is 0 Å². The Morgan fingerprint density at radius 1 is 1.12 bits per heavy atom. The van der Waals surface area contributed by atoms with Crippen molar-refractivity contribution in [3.8, 4) is 11.4 Å². The van der Waals surface area contributed by atoms with Crippen LogP contribution in [0.15, 0.2) is 53.1 Å². The first-order valence-electron chi connectivity index (χ1n) is 10.8. The summed E-state index contributed by atoms with van der Waals surface area (Å²) >= 11 is 0. The zero-order valence-corrected chi connectivity index (χ0v) is 18.1. The molecule has 1 saturated heterocycles. The minimum absolute atomic E-state index is 0.0723. The molecule has 1 amide bonds. The molecule has 0 aliphatic carbocycles. The summed E-state index contributed by atoms with van der Waals surface area (Å²) in [4.78, 5) is 19.2. The molecular weight excluding hydrogens is 411 g/mol. The molecule has 2 aromatic carbocycles. The summed E-state index contributed by atoms with van der Waals surface area (Å²) in [5.41, 5.74) is 3.05. The van der Waals surface area contributed by atoms with Crippen LogP contribution in [0, 0.1) is 12.7 Å². The number of benzene rings is 2. The van der Waals surface area contributed by atoms with Gasteiger partial charge in [-0.15, -0.1) is 0 Å². The standard InChI is InChI=1S/C24H27FN4O3/c1-17-2-4-18(5-3-17)21(29-12-14-31-15-13-29)16-26-22(30)10-11-23-27-24(28-32-23)19-6-8-20(25)9-7-19/h2-9,21H,10-16H2,1H3,(H,26,30). The largest absolute Gasteiger partial charge is 0.379 e. The van der Waals surface area contributed by atoms with Gasteiger partial charge in [-0.25, -0.2) is 4.39 Å². The molecule has 1 aromatic heterocycles. The highest BCUT2D eigenvalue weighted by molar-refractivity contribution is 5.76. The first-order chi connectivity index (χ1) is 15.6.